The number of rotatable bonds is 5. The number of aromatic nitrogens is 4. The molecule has 0 aromatic carbocycles. The van der Waals surface area contributed by atoms with Gasteiger partial charge in [-0.2, -0.15) is 14.5 Å². The van der Waals surface area contributed by atoms with E-state index in [-0.39, 0.29) is 11.9 Å². The Hall–Kier alpha value is -2.18. The molecule has 2 rings (SSSR count). The van der Waals surface area contributed by atoms with Crippen LogP contribution in [0.25, 0.3) is 0 Å². The molecular formula is C12H16FN5O. The second-order valence-electron chi connectivity index (χ2n) is 4.34. The fraction of sp³-hybridized carbons (Fsp3) is 0.417. The van der Waals surface area contributed by atoms with Gasteiger partial charge in [-0.25, -0.2) is 4.98 Å². The van der Waals surface area contributed by atoms with Gasteiger partial charge in [-0.15, -0.1) is 0 Å². The molecule has 0 aliphatic heterocycles. The van der Waals surface area contributed by atoms with E-state index in [9.17, 15) is 4.39 Å². The normalized spacial score (nSPS) is 12.2. The molecule has 0 aliphatic carbocycles. The van der Waals surface area contributed by atoms with Crippen molar-refractivity contribution in [2.24, 2.45) is 0 Å². The van der Waals surface area contributed by atoms with E-state index >= 15 is 0 Å². The van der Waals surface area contributed by atoms with Crippen molar-refractivity contribution in [2.45, 2.75) is 26.3 Å². The number of H-pyrrole nitrogens is 1. The van der Waals surface area contributed by atoms with Gasteiger partial charge in [0.2, 0.25) is 11.8 Å². The molecule has 0 radical (unpaired) electrons. The van der Waals surface area contributed by atoms with Gasteiger partial charge in [0.05, 0.1) is 19.0 Å². The average molecular weight is 265 g/mol. The number of hydrogen-bond donors (Lipinski definition) is 2. The maximum absolute atomic E-state index is 13.2. The fourth-order valence-electron chi connectivity index (χ4n) is 1.73. The number of anilines is 1. The van der Waals surface area contributed by atoms with E-state index in [1.54, 1.807) is 0 Å². The quantitative estimate of drug-likeness (QED) is 0.860. The zero-order chi connectivity index (χ0) is 13.8. The minimum Gasteiger partial charge on any atom is -0.479 e. The summed E-state index contributed by atoms with van der Waals surface area (Å²) in [5, 5.41) is 10.1. The van der Waals surface area contributed by atoms with E-state index in [0.717, 1.165) is 17.6 Å². The molecule has 2 N–H and O–H groups in total. The Labute approximate surface area is 110 Å². The van der Waals surface area contributed by atoms with Crippen molar-refractivity contribution in [3.8, 4) is 5.88 Å². The summed E-state index contributed by atoms with van der Waals surface area (Å²) < 4.78 is 18.0. The summed E-state index contributed by atoms with van der Waals surface area (Å²) in [6.45, 7) is 3.92. The predicted molar refractivity (Wildman–Crippen MR) is 68.7 cm³/mol. The van der Waals surface area contributed by atoms with Crippen LogP contribution >= 0.6 is 0 Å². The average Bonchev–Trinajstić information content (AvgIpc) is 2.77. The van der Waals surface area contributed by atoms with E-state index in [1.165, 1.54) is 7.11 Å². The molecule has 2 aromatic rings. The van der Waals surface area contributed by atoms with E-state index in [0.29, 0.717) is 12.4 Å². The minimum absolute atomic E-state index is 0.0675. The lowest BCUT2D eigenvalue weighted by atomic mass is 10.2. The van der Waals surface area contributed by atoms with Gasteiger partial charge in [-0.05, 0) is 19.9 Å². The molecule has 0 aliphatic rings. The fourth-order valence-corrected chi connectivity index (χ4v) is 1.73. The zero-order valence-electron chi connectivity index (χ0n) is 11.1. The topological polar surface area (TPSA) is 75.7 Å². The first-order valence-corrected chi connectivity index (χ1v) is 5.92. The first-order chi connectivity index (χ1) is 9.08. The van der Waals surface area contributed by atoms with Crippen LogP contribution in [0, 0.1) is 12.7 Å². The Morgan fingerprint density at radius 1 is 1.53 bits per heavy atom. The number of aryl methyl sites for hydroxylation is 1. The number of nitrogens with one attached hydrogen (secondary N) is 2. The van der Waals surface area contributed by atoms with Crippen LogP contribution in [0.4, 0.5) is 10.3 Å². The van der Waals surface area contributed by atoms with Crippen LogP contribution in [0.1, 0.15) is 18.3 Å². The van der Waals surface area contributed by atoms with Crippen LogP contribution in [0.3, 0.4) is 0 Å². The number of nitrogens with zero attached hydrogens (tertiary/aromatic N) is 3. The van der Waals surface area contributed by atoms with Gasteiger partial charge in [0.1, 0.15) is 0 Å². The molecule has 0 bridgehead atoms. The van der Waals surface area contributed by atoms with Crippen LogP contribution in [0.15, 0.2) is 12.3 Å². The van der Waals surface area contributed by atoms with Gasteiger partial charge in [0.25, 0.3) is 5.88 Å². The molecule has 19 heavy (non-hydrogen) atoms. The van der Waals surface area contributed by atoms with Crippen molar-refractivity contribution in [1.29, 1.82) is 0 Å². The van der Waals surface area contributed by atoms with Crippen molar-refractivity contribution in [1.82, 2.24) is 20.2 Å². The number of ether oxygens (including phenoxy) is 1. The molecule has 1 unspecified atom stereocenters. The van der Waals surface area contributed by atoms with Gasteiger partial charge in [0.15, 0.2) is 0 Å². The summed E-state index contributed by atoms with van der Waals surface area (Å²) >= 11 is 0. The SMILES string of the molecule is COc1nc(NC(C)Cc2cc(C)[nH]n2)ncc1F. The Kier molecular flexibility index (Phi) is 3.94. The van der Waals surface area contributed by atoms with Crippen LogP contribution in [-0.4, -0.2) is 33.3 Å². The van der Waals surface area contributed by atoms with Crippen molar-refractivity contribution in [3.63, 3.8) is 0 Å². The van der Waals surface area contributed by atoms with E-state index in [1.807, 2.05) is 19.9 Å². The predicted octanol–water partition coefficient (Wildman–Crippen LogP) is 1.70. The molecule has 0 spiro atoms. The van der Waals surface area contributed by atoms with Crippen LogP contribution < -0.4 is 10.1 Å². The summed E-state index contributed by atoms with van der Waals surface area (Å²) in [5.74, 6) is -0.318. The largest absolute Gasteiger partial charge is 0.479 e. The van der Waals surface area contributed by atoms with Crippen LogP contribution in [0.5, 0.6) is 5.88 Å². The van der Waals surface area contributed by atoms with Crippen molar-refractivity contribution < 1.29 is 9.13 Å². The molecule has 1 atom stereocenters. The monoisotopic (exact) mass is 265 g/mol. The highest BCUT2D eigenvalue weighted by molar-refractivity contribution is 5.30. The third-order valence-electron chi connectivity index (χ3n) is 2.56. The molecule has 7 heteroatoms. The maximum Gasteiger partial charge on any atom is 0.255 e. The summed E-state index contributed by atoms with van der Waals surface area (Å²) in [6, 6.07) is 2.04. The second kappa shape index (κ2) is 5.64. The smallest absolute Gasteiger partial charge is 0.255 e. The number of methoxy groups -OCH3 is 1. The van der Waals surface area contributed by atoms with Crippen LogP contribution in [-0.2, 0) is 6.42 Å². The summed E-state index contributed by atoms with van der Waals surface area (Å²) in [4.78, 5) is 7.80. The van der Waals surface area contributed by atoms with Gasteiger partial charge in [0, 0.05) is 18.2 Å². The molecule has 0 saturated carbocycles. The summed E-state index contributed by atoms with van der Waals surface area (Å²) in [7, 11) is 1.37. The van der Waals surface area contributed by atoms with Crippen molar-refractivity contribution in [2.75, 3.05) is 12.4 Å². The molecule has 0 amide bonds. The molecular weight excluding hydrogens is 249 g/mol. The Bertz CT molecular complexity index is 557. The standard InChI is InChI=1S/C12H16FN5O/c1-7(4-9-5-8(2)17-18-9)15-12-14-6-10(13)11(16-12)19-3/h5-7H,4H2,1-3H3,(H,17,18)(H,14,15,16). The van der Waals surface area contributed by atoms with Gasteiger partial charge >= 0.3 is 0 Å². The van der Waals surface area contributed by atoms with Gasteiger partial charge in [-0.3, -0.25) is 5.10 Å². The van der Waals surface area contributed by atoms with E-state index in [2.05, 4.69) is 25.5 Å². The number of halogens is 1. The lowest BCUT2D eigenvalue weighted by Gasteiger charge is -2.12. The summed E-state index contributed by atoms with van der Waals surface area (Å²) in [5.41, 5.74) is 1.97. The molecule has 2 heterocycles. The summed E-state index contributed by atoms with van der Waals surface area (Å²) in [6.07, 6.45) is 1.80. The van der Waals surface area contributed by atoms with Crippen molar-refractivity contribution in [3.05, 3.63) is 29.5 Å². The third-order valence-corrected chi connectivity index (χ3v) is 2.56. The Balaban J connectivity index is 2.00. The van der Waals surface area contributed by atoms with E-state index in [4.69, 9.17) is 4.74 Å². The first kappa shape index (κ1) is 13.3. The molecule has 0 fully saturated rings. The Morgan fingerprint density at radius 2 is 2.32 bits per heavy atom. The maximum atomic E-state index is 13.2. The van der Waals surface area contributed by atoms with Crippen LogP contribution in [0.2, 0.25) is 0 Å². The minimum atomic E-state index is -0.580. The van der Waals surface area contributed by atoms with E-state index < -0.39 is 5.82 Å². The highest BCUT2D eigenvalue weighted by Gasteiger charge is 2.10. The highest BCUT2D eigenvalue weighted by atomic mass is 19.1. The lowest BCUT2D eigenvalue weighted by Crippen LogP contribution is -2.20. The van der Waals surface area contributed by atoms with Gasteiger partial charge in [-0.1, -0.05) is 0 Å². The lowest BCUT2D eigenvalue weighted by molar-refractivity contribution is 0.367. The highest BCUT2D eigenvalue weighted by Crippen LogP contribution is 2.14. The number of hydrogen-bond acceptors (Lipinski definition) is 5. The second-order valence-corrected chi connectivity index (χ2v) is 4.34. The Morgan fingerprint density at radius 3 is 2.95 bits per heavy atom. The molecule has 0 saturated heterocycles. The third kappa shape index (κ3) is 3.40. The molecule has 2 aromatic heterocycles. The zero-order valence-corrected chi connectivity index (χ0v) is 11.1. The van der Waals surface area contributed by atoms with Gasteiger partial charge < -0.3 is 10.1 Å². The van der Waals surface area contributed by atoms with Crippen molar-refractivity contribution >= 4 is 5.95 Å². The first-order valence-electron chi connectivity index (χ1n) is 5.92. The number of aromatic amines is 1. The molecule has 102 valence electrons. The molecule has 6 nitrogen and oxygen atoms in total.